The Labute approximate surface area is 169 Å². The van der Waals surface area contributed by atoms with Crippen LogP contribution < -0.4 is 5.32 Å². The second-order valence-electron chi connectivity index (χ2n) is 6.69. The monoisotopic (exact) mass is 402 g/mol. The number of halogens is 1. The first-order valence-electron chi connectivity index (χ1n) is 9.13. The van der Waals surface area contributed by atoms with Crippen molar-refractivity contribution in [3.63, 3.8) is 0 Å². The van der Waals surface area contributed by atoms with Gasteiger partial charge in [-0.25, -0.2) is 4.79 Å². The average molecular weight is 403 g/mol. The van der Waals surface area contributed by atoms with Crippen LogP contribution in [0, 0.1) is 6.92 Å². The summed E-state index contributed by atoms with van der Waals surface area (Å²) in [6, 6.07) is 12.5. The smallest absolute Gasteiger partial charge is 0.338 e. The molecule has 0 aromatic heterocycles. The Balaban J connectivity index is 1.48. The van der Waals surface area contributed by atoms with E-state index in [4.69, 9.17) is 21.1 Å². The van der Waals surface area contributed by atoms with E-state index in [0.717, 1.165) is 44.0 Å². The van der Waals surface area contributed by atoms with Crippen molar-refractivity contribution in [2.45, 2.75) is 13.5 Å². The topological polar surface area (TPSA) is 67.9 Å². The van der Waals surface area contributed by atoms with Crippen molar-refractivity contribution in [2.24, 2.45) is 0 Å². The van der Waals surface area contributed by atoms with E-state index in [2.05, 4.69) is 10.2 Å². The summed E-state index contributed by atoms with van der Waals surface area (Å²) in [7, 11) is 0. The van der Waals surface area contributed by atoms with Crippen molar-refractivity contribution < 1.29 is 19.1 Å². The maximum Gasteiger partial charge on any atom is 0.338 e. The standard InChI is InChI=1S/C21H23ClN2O4/c1-15-2-7-19(18(22)12-15)23-20(25)14-28-21(26)17-5-3-16(4-6-17)13-24-8-10-27-11-9-24/h2-7,12H,8-11,13-14H2,1H3,(H,23,25). The number of carbonyl (C=O) groups excluding carboxylic acids is 2. The molecule has 1 aliphatic heterocycles. The van der Waals surface area contributed by atoms with Crippen LogP contribution in [-0.4, -0.2) is 49.7 Å². The van der Waals surface area contributed by atoms with Crippen molar-refractivity contribution in [1.82, 2.24) is 4.90 Å². The number of esters is 1. The Kier molecular flexibility index (Phi) is 7.03. The van der Waals surface area contributed by atoms with Crippen LogP contribution in [0.25, 0.3) is 0 Å². The molecule has 0 unspecified atom stereocenters. The predicted molar refractivity (Wildman–Crippen MR) is 108 cm³/mol. The molecule has 7 heteroatoms. The molecule has 2 aromatic carbocycles. The Bertz CT molecular complexity index is 833. The molecule has 1 fully saturated rings. The zero-order chi connectivity index (χ0) is 19.9. The molecule has 0 bridgehead atoms. The quantitative estimate of drug-likeness (QED) is 0.751. The first kappa shape index (κ1) is 20.3. The summed E-state index contributed by atoms with van der Waals surface area (Å²) in [6.07, 6.45) is 0. The van der Waals surface area contributed by atoms with Gasteiger partial charge in [0.25, 0.3) is 5.91 Å². The minimum atomic E-state index is -0.539. The van der Waals surface area contributed by atoms with Gasteiger partial charge in [-0.3, -0.25) is 9.69 Å². The predicted octanol–water partition coefficient (Wildman–Crippen LogP) is 3.28. The van der Waals surface area contributed by atoms with Gasteiger partial charge in [0.2, 0.25) is 0 Å². The number of hydrogen-bond acceptors (Lipinski definition) is 5. The summed E-state index contributed by atoms with van der Waals surface area (Å²) in [5.41, 5.74) is 3.00. The number of aryl methyl sites for hydroxylation is 1. The molecule has 1 aliphatic rings. The molecule has 1 heterocycles. The lowest BCUT2D eigenvalue weighted by Gasteiger charge is -2.26. The fraction of sp³-hybridized carbons (Fsp3) is 0.333. The third-order valence-electron chi connectivity index (χ3n) is 4.43. The minimum Gasteiger partial charge on any atom is -0.452 e. The molecule has 2 aromatic rings. The van der Waals surface area contributed by atoms with Crippen molar-refractivity contribution in [3.8, 4) is 0 Å². The van der Waals surface area contributed by atoms with Crippen LogP contribution in [0.15, 0.2) is 42.5 Å². The van der Waals surface area contributed by atoms with E-state index in [0.29, 0.717) is 16.3 Å². The number of benzene rings is 2. The SMILES string of the molecule is Cc1ccc(NC(=O)COC(=O)c2ccc(CN3CCOCC3)cc2)c(Cl)c1. The number of morpholine rings is 1. The average Bonchev–Trinajstić information content (AvgIpc) is 2.70. The number of nitrogens with one attached hydrogen (secondary N) is 1. The van der Waals surface area contributed by atoms with E-state index < -0.39 is 11.9 Å². The van der Waals surface area contributed by atoms with Crippen molar-refractivity contribution in [1.29, 1.82) is 0 Å². The highest BCUT2D eigenvalue weighted by molar-refractivity contribution is 6.33. The summed E-state index contributed by atoms with van der Waals surface area (Å²) in [5, 5.41) is 3.08. The number of rotatable bonds is 6. The van der Waals surface area contributed by atoms with Gasteiger partial charge in [0.05, 0.1) is 29.5 Å². The largest absolute Gasteiger partial charge is 0.452 e. The highest BCUT2D eigenvalue weighted by Crippen LogP contribution is 2.22. The number of anilines is 1. The Morgan fingerprint density at radius 1 is 1.14 bits per heavy atom. The fourth-order valence-corrected chi connectivity index (χ4v) is 3.17. The van der Waals surface area contributed by atoms with Crippen molar-refractivity contribution in [3.05, 3.63) is 64.2 Å². The van der Waals surface area contributed by atoms with E-state index in [1.807, 2.05) is 25.1 Å². The molecule has 0 aliphatic carbocycles. The lowest BCUT2D eigenvalue weighted by Crippen LogP contribution is -2.35. The first-order valence-corrected chi connectivity index (χ1v) is 9.51. The summed E-state index contributed by atoms with van der Waals surface area (Å²) in [4.78, 5) is 26.5. The van der Waals surface area contributed by atoms with Crippen LogP contribution in [0.1, 0.15) is 21.5 Å². The van der Waals surface area contributed by atoms with E-state index in [9.17, 15) is 9.59 Å². The van der Waals surface area contributed by atoms with Gasteiger partial charge in [0, 0.05) is 19.6 Å². The molecule has 0 saturated carbocycles. The number of amides is 1. The molecular formula is C21H23ClN2O4. The van der Waals surface area contributed by atoms with Gasteiger partial charge in [0.1, 0.15) is 0 Å². The number of carbonyl (C=O) groups is 2. The molecule has 0 spiro atoms. The normalized spacial score (nSPS) is 14.5. The van der Waals surface area contributed by atoms with Crippen LogP contribution in [0.3, 0.4) is 0 Å². The van der Waals surface area contributed by atoms with Gasteiger partial charge >= 0.3 is 5.97 Å². The highest BCUT2D eigenvalue weighted by atomic mass is 35.5. The molecule has 1 saturated heterocycles. The molecule has 0 atom stereocenters. The number of nitrogens with zero attached hydrogens (tertiary/aromatic N) is 1. The molecule has 28 heavy (non-hydrogen) atoms. The van der Waals surface area contributed by atoms with Gasteiger partial charge < -0.3 is 14.8 Å². The van der Waals surface area contributed by atoms with Crippen molar-refractivity contribution >= 4 is 29.2 Å². The second kappa shape index (κ2) is 9.68. The van der Waals surface area contributed by atoms with Crippen molar-refractivity contribution in [2.75, 3.05) is 38.2 Å². The summed E-state index contributed by atoms with van der Waals surface area (Å²) >= 11 is 6.08. The molecule has 0 radical (unpaired) electrons. The van der Waals surface area contributed by atoms with Gasteiger partial charge in [-0.2, -0.15) is 0 Å². The maximum atomic E-state index is 12.2. The Hall–Kier alpha value is -2.41. The molecule has 148 valence electrons. The number of ether oxygens (including phenoxy) is 2. The Morgan fingerprint density at radius 3 is 2.54 bits per heavy atom. The summed E-state index contributed by atoms with van der Waals surface area (Å²) in [5.74, 6) is -0.980. The molecule has 1 N–H and O–H groups in total. The van der Waals surface area contributed by atoms with Crippen LogP contribution in [0.2, 0.25) is 5.02 Å². The van der Waals surface area contributed by atoms with Crippen LogP contribution in [0.5, 0.6) is 0 Å². The van der Waals surface area contributed by atoms with Crippen LogP contribution in [-0.2, 0) is 20.8 Å². The molecular weight excluding hydrogens is 380 g/mol. The third kappa shape index (κ3) is 5.79. The summed E-state index contributed by atoms with van der Waals surface area (Å²) in [6.45, 7) is 5.66. The third-order valence-corrected chi connectivity index (χ3v) is 4.75. The Morgan fingerprint density at radius 2 is 1.86 bits per heavy atom. The minimum absolute atomic E-state index is 0.376. The van der Waals surface area contributed by atoms with Gasteiger partial charge in [-0.05, 0) is 42.3 Å². The number of hydrogen-bond donors (Lipinski definition) is 1. The van der Waals surface area contributed by atoms with Crippen LogP contribution >= 0.6 is 11.6 Å². The van der Waals surface area contributed by atoms with E-state index in [-0.39, 0.29) is 6.61 Å². The molecule has 6 nitrogen and oxygen atoms in total. The van der Waals surface area contributed by atoms with Gasteiger partial charge in [-0.1, -0.05) is 29.8 Å². The summed E-state index contributed by atoms with van der Waals surface area (Å²) < 4.78 is 10.4. The maximum absolute atomic E-state index is 12.2. The lowest BCUT2D eigenvalue weighted by atomic mass is 10.1. The first-order chi connectivity index (χ1) is 13.5. The zero-order valence-electron chi connectivity index (χ0n) is 15.7. The lowest BCUT2D eigenvalue weighted by molar-refractivity contribution is -0.119. The van der Waals surface area contributed by atoms with Gasteiger partial charge in [0.15, 0.2) is 6.61 Å². The van der Waals surface area contributed by atoms with E-state index in [1.165, 1.54) is 0 Å². The van der Waals surface area contributed by atoms with Crippen LogP contribution in [0.4, 0.5) is 5.69 Å². The molecule has 3 rings (SSSR count). The highest BCUT2D eigenvalue weighted by Gasteiger charge is 2.13. The van der Waals surface area contributed by atoms with E-state index >= 15 is 0 Å². The van der Waals surface area contributed by atoms with E-state index in [1.54, 1.807) is 24.3 Å². The second-order valence-corrected chi connectivity index (χ2v) is 7.10. The van der Waals surface area contributed by atoms with Gasteiger partial charge in [-0.15, -0.1) is 0 Å². The molecule has 1 amide bonds. The zero-order valence-corrected chi connectivity index (χ0v) is 16.5. The fourth-order valence-electron chi connectivity index (χ4n) is 2.89.